The molecule has 0 saturated carbocycles. The van der Waals surface area contributed by atoms with Crippen LogP contribution in [0.25, 0.3) is 0 Å². The van der Waals surface area contributed by atoms with Gasteiger partial charge in [-0.1, -0.05) is 6.92 Å². The van der Waals surface area contributed by atoms with Gasteiger partial charge in [0.05, 0.1) is 0 Å². The van der Waals surface area contributed by atoms with Gasteiger partial charge in [-0.25, -0.2) is 13.2 Å². The van der Waals surface area contributed by atoms with Crippen molar-refractivity contribution in [2.45, 2.75) is 13.3 Å². The highest BCUT2D eigenvalue weighted by molar-refractivity contribution is 5.20. The molecule has 1 aromatic rings. The first-order chi connectivity index (χ1) is 6.54. The van der Waals surface area contributed by atoms with Crippen LogP contribution in [0, 0.1) is 23.4 Å². The van der Waals surface area contributed by atoms with Gasteiger partial charge in [0.25, 0.3) is 0 Å². The number of nitrogens with two attached hydrogens (primary N) is 1. The summed E-state index contributed by atoms with van der Waals surface area (Å²) in [6, 6.07) is 1.54. The van der Waals surface area contributed by atoms with Crippen molar-refractivity contribution in [2.24, 2.45) is 11.7 Å². The monoisotopic (exact) mass is 203 g/mol. The van der Waals surface area contributed by atoms with E-state index in [1.165, 1.54) is 0 Å². The molecule has 2 N–H and O–H groups in total. The lowest BCUT2D eigenvalue weighted by molar-refractivity contribution is 0.472. The summed E-state index contributed by atoms with van der Waals surface area (Å²) >= 11 is 0. The van der Waals surface area contributed by atoms with E-state index in [1.807, 2.05) is 0 Å². The molecule has 0 heterocycles. The highest BCUT2D eigenvalue weighted by Crippen LogP contribution is 2.17. The zero-order chi connectivity index (χ0) is 10.7. The van der Waals surface area contributed by atoms with Gasteiger partial charge in [-0.05, 0) is 30.5 Å². The Hall–Kier alpha value is -1.03. The molecule has 1 atom stereocenters. The molecule has 1 nitrogen and oxygen atoms in total. The second kappa shape index (κ2) is 4.46. The third-order valence-corrected chi connectivity index (χ3v) is 2.04. The smallest absolute Gasteiger partial charge is 0.162 e. The Morgan fingerprint density at radius 1 is 1.29 bits per heavy atom. The summed E-state index contributed by atoms with van der Waals surface area (Å²) in [5.74, 6) is -2.88. The molecule has 0 spiro atoms. The molecule has 0 bridgehead atoms. The molecular formula is C10H12F3N. The normalized spacial score (nSPS) is 12.9. The number of halogens is 3. The Bertz CT molecular complexity index is 325. The first-order valence-electron chi connectivity index (χ1n) is 4.38. The van der Waals surface area contributed by atoms with Crippen molar-refractivity contribution in [3.63, 3.8) is 0 Å². The van der Waals surface area contributed by atoms with Crippen LogP contribution in [0.1, 0.15) is 12.5 Å². The fourth-order valence-corrected chi connectivity index (χ4v) is 1.22. The second-order valence-corrected chi connectivity index (χ2v) is 3.41. The quantitative estimate of drug-likeness (QED) is 0.749. The highest BCUT2D eigenvalue weighted by Gasteiger charge is 2.12. The van der Waals surface area contributed by atoms with Crippen LogP contribution in [0.15, 0.2) is 12.1 Å². The van der Waals surface area contributed by atoms with Crippen LogP contribution in [0.5, 0.6) is 0 Å². The van der Waals surface area contributed by atoms with Crippen LogP contribution in [-0.2, 0) is 6.42 Å². The Kier molecular flexibility index (Phi) is 3.52. The fraction of sp³-hybridized carbons (Fsp3) is 0.400. The lowest BCUT2D eigenvalue weighted by atomic mass is 10.0. The van der Waals surface area contributed by atoms with Crippen LogP contribution < -0.4 is 5.73 Å². The second-order valence-electron chi connectivity index (χ2n) is 3.41. The Morgan fingerprint density at radius 3 is 2.50 bits per heavy atom. The average Bonchev–Trinajstić information content (AvgIpc) is 2.13. The van der Waals surface area contributed by atoms with Gasteiger partial charge in [0.15, 0.2) is 11.6 Å². The van der Waals surface area contributed by atoms with Crippen LogP contribution in [0.4, 0.5) is 13.2 Å². The van der Waals surface area contributed by atoms with Gasteiger partial charge in [-0.15, -0.1) is 0 Å². The molecule has 1 rings (SSSR count). The van der Waals surface area contributed by atoms with Crippen LogP contribution in [-0.4, -0.2) is 6.54 Å². The number of hydrogen-bond acceptors (Lipinski definition) is 1. The van der Waals surface area contributed by atoms with Gasteiger partial charge < -0.3 is 5.73 Å². The predicted molar refractivity (Wildman–Crippen MR) is 48.2 cm³/mol. The summed E-state index contributed by atoms with van der Waals surface area (Å²) < 4.78 is 38.6. The molecule has 1 aromatic carbocycles. The summed E-state index contributed by atoms with van der Waals surface area (Å²) in [6.45, 7) is 2.15. The summed E-state index contributed by atoms with van der Waals surface area (Å²) in [5.41, 5.74) is 5.38. The van der Waals surface area contributed by atoms with Gasteiger partial charge in [-0.3, -0.25) is 0 Å². The lowest BCUT2D eigenvalue weighted by Gasteiger charge is -2.09. The number of rotatable bonds is 3. The van der Waals surface area contributed by atoms with Crippen molar-refractivity contribution in [3.05, 3.63) is 35.1 Å². The van der Waals surface area contributed by atoms with E-state index >= 15 is 0 Å². The van der Waals surface area contributed by atoms with E-state index in [4.69, 9.17) is 5.73 Å². The summed E-state index contributed by atoms with van der Waals surface area (Å²) in [6.07, 6.45) is 0.247. The topological polar surface area (TPSA) is 26.0 Å². The lowest BCUT2D eigenvalue weighted by Crippen LogP contribution is -2.14. The first-order valence-corrected chi connectivity index (χ1v) is 4.38. The van der Waals surface area contributed by atoms with E-state index in [1.54, 1.807) is 6.92 Å². The molecule has 0 aromatic heterocycles. The SMILES string of the molecule is CC(CN)Cc1cc(F)cc(F)c1F. The predicted octanol–water partition coefficient (Wildman–Crippen LogP) is 2.24. The van der Waals surface area contributed by atoms with Gasteiger partial charge in [0, 0.05) is 6.07 Å². The molecule has 0 saturated heterocycles. The van der Waals surface area contributed by atoms with Gasteiger partial charge in [0.1, 0.15) is 5.82 Å². The summed E-state index contributed by atoms with van der Waals surface area (Å²) in [5, 5.41) is 0. The number of benzene rings is 1. The van der Waals surface area contributed by atoms with Crippen molar-refractivity contribution >= 4 is 0 Å². The van der Waals surface area contributed by atoms with Crippen molar-refractivity contribution in [1.29, 1.82) is 0 Å². The molecule has 0 radical (unpaired) electrons. The van der Waals surface area contributed by atoms with E-state index in [-0.39, 0.29) is 17.9 Å². The zero-order valence-corrected chi connectivity index (χ0v) is 7.86. The van der Waals surface area contributed by atoms with E-state index in [9.17, 15) is 13.2 Å². The van der Waals surface area contributed by atoms with Gasteiger partial charge >= 0.3 is 0 Å². The van der Waals surface area contributed by atoms with Crippen LogP contribution >= 0.6 is 0 Å². The Labute approximate surface area is 80.7 Å². The molecule has 4 heteroatoms. The maximum Gasteiger partial charge on any atom is 0.162 e. The molecular weight excluding hydrogens is 191 g/mol. The first kappa shape index (κ1) is 11.0. The molecule has 0 aliphatic heterocycles. The summed E-state index contributed by atoms with van der Waals surface area (Å²) in [7, 11) is 0. The van der Waals surface area contributed by atoms with Crippen molar-refractivity contribution in [3.8, 4) is 0 Å². The molecule has 14 heavy (non-hydrogen) atoms. The number of hydrogen-bond donors (Lipinski definition) is 1. The molecule has 78 valence electrons. The molecule has 0 amide bonds. The maximum absolute atomic E-state index is 13.1. The standard InChI is InChI=1S/C10H12F3N/c1-6(5-14)2-7-3-8(11)4-9(12)10(7)13/h3-4,6H,2,5,14H2,1H3. The highest BCUT2D eigenvalue weighted by atomic mass is 19.2. The van der Waals surface area contributed by atoms with E-state index in [0.717, 1.165) is 6.07 Å². The fourth-order valence-electron chi connectivity index (χ4n) is 1.22. The Morgan fingerprint density at radius 2 is 1.93 bits per heavy atom. The molecule has 0 fully saturated rings. The van der Waals surface area contributed by atoms with Gasteiger partial charge in [-0.2, -0.15) is 0 Å². The minimum Gasteiger partial charge on any atom is -0.330 e. The third kappa shape index (κ3) is 2.48. The molecule has 0 aliphatic carbocycles. The van der Waals surface area contributed by atoms with Crippen molar-refractivity contribution in [1.82, 2.24) is 0 Å². The summed E-state index contributed by atoms with van der Waals surface area (Å²) in [4.78, 5) is 0. The van der Waals surface area contributed by atoms with Crippen LogP contribution in [0.3, 0.4) is 0 Å². The maximum atomic E-state index is 13.1. The van der Waals surface area contributed by atoms with Gasteiger partial charge in [0.2, 0.25) is 0 Å². The zero-order valence-electron chi connectivity index (χ0n) is 7.86. The van der Waals surface area contributed by atoms with Crippen molar-refractivity contribution < 1.29 is 13.2 Å². The Balaban J connectivity index is 2.96. The van der Waals surface area contributed by atoms with E-state index in [0.29, 0.717) is 12.6 Å². The largest absolute Gasteiger partial charge is 0.330 e. The minimum atomic E-state index is -1.15. The van der Waals surface area contributed by atoms with Crippen molar-refractivity contribution in [2.75, 3.05) is 6.54 Å². The minimum absolute atomic E-state index is 0.00528. The van der Waals surface area contributed by atoms with E-state index in [2.05, 4.69) is 0 Å². The third-order valence-electron chi connectivity index (χ3n) is 2.04. The van der Waals surface area contributed by atoms with E-state index < -0.39 is 17.5 Å². The molecule has 1 unspecified atom stereocenters. The molecule has 0 aliphatic rings. The van der Waals surface area contributed by atoms with Crippen LogP contribution in [0.2, 0.25) is 0 Å². The average molecular weight is 203 g/mol.